The van der Waals surface area contributed by atoms with E-state index in [4.69, 9.17) is 10.8 Å². The van der Waals surface area contributed by atoms with Gasteiger partial charge in [0, 0.05) is 18.8 Å². The summed E-state index contributed by atoms with van der Waals surface area (Å²) in [5.41, 5.74) is 6.71. The zero-order chi connectivity index (χ0) is 16.1. The summed E-state index contributed by atoms with van der Waals surface area (Å²) in [4.78, 5) is 12.5. The summed E-state index contributed by atoms with van der Waals surface area (Å²) < 4.78 is 0. The van der Waals surface area contributed by atoms with Crippen molar-refractivity contribution in [3.63, 3.8) is 0 Å². The average Bonchev–Trinajstić information content (AvgIpc) is 2.43. The molecule has 0 atom stereocenters. The predicted octanol–water partition coefficient (Wildman–Crippen LogP) is 2.46. The molecule has 4 N–H and O–H groups in total. The lowest BCUT2D eigenvalue weighted by Crippen LogP contribution is -2.43. The largest absolute Gasteiger partial charge is 0.399 e. The van der Waals surface area contributed by atoms with Crippen LogP contribution in [0.15, 0.2) is 24.3 Å². The highest BCUT2D eigenvalue weighted by Gasteiger charge is 2.30. The van der Waals surface area contributed by atoms with Crippen LogP contribution in [0.3, 0.4) is 0 Å². The van der Waals surface area contributed by atoms with E-state index in [0.29, 0.717) is 12.2 Å². The van der Waals surface area contributed by atoms with E-state index >= 15 is 0 Å². The molecule has 0 fully saturated rings. The van der Waals surface area contributed by atoms with Gasteiger partial charge in [-0.25, -0.2) is 0 Å². The number of nitrogens with one attached hydrogen (secondary N) is 1. The van der Waals surface area contributed by atoms with Crippen molar-refractivity contribution < 1.29 is 9.90 Å². The van der Waals surface area contributed by atoms with Crippen molar-refractivity contribution in [3.05, 3.63) is 29.8 Å². The quantitative estimate of drug-likeness (QED) is 0.676. The third kappa shape index (κ3) is 5.05. The van der Waals surface area contributed by atoms with Crippen molar-refractivity contribution in [1.82, 2.24) is 5.32 Å². The number of hydrogen-bond donors (Lipinski definition) is 3. The number of nitrogens with two attached hydrogens (primary N) is 1. The first-order valence-corrected chi connectivity index (χ1v) is 7.44. The Morgan fingerprint density at radius 2 is 1.76 bits per heavy atom. The van der Waals surface area contributed by atoms with Crippen LogP contribution in [0.5, 0.6) is 0 Å². The lowest BCUT2D eigenvalue weighted by Gasteiger charge is -2.29. The van der Waals surface area contributed by atoms with Crippen LogP contribution in [-0.4, -0.2) is 24.2 Å². The molecule has 4 heteroatoms. The molecule has 0 aliphatic heterocycles. The molecule has 4 nitrogen and oxygen atoms in total. The van der Waals surface area contributed by atoms with Gasteiger partial charge in [-0.2, -0.15) is 0 Å². The van der Waals surface area contributed by atoms with Crippen molar-refractivity contribution in [2.45, 2.75) is 46.0 Å². The van der Waals surface area contributed by atoms with E-state index in [2.05, 4.69) is 19.2 Å². The van der Waals surface area contributed by atoms with Gasteiger partial charge in [-0.05, 0) is 49.8 Å². The number of aliphatic hydroxyl groups is 1. The SMILES string of the molecule is CC(C)(CCCO)CNC(=O)C(C)(C)c1ccc(N)cc1. The minimum absolute atomic E-state index is 0.00402. The van der Waals surface area contributed by atoms with Crippen molar-refractivity contribution in [2.75, 3.05) is 18.9 Å². The van der Waals surface area contributed by atoms with Crippen LogP contribution in [0, 0.1) is 5.41 Å². The van der Waals surface area contributed by atoms with Gasteiger partial charge in [0.05, 0.1) is 5.41 Å². The highest BCUT2D eigenvalue weighted by molar-refractivity contribution is 5.87. The molecule has 0 radical (unpaired) electrons. The molecule has 0 saturated carbocycles. The summed E-state index contributed by atoms with van der Waals surface area (Å²) in [7, 11) is 0. The van der Waals surface area contributed by atoms with Gasteiger partial charge in [-0.3, -0.25) is 4.79 Å². The number of carbonyl (C=O) groups is 1. The normalized spacial score (nSPS) is 12.2. The maximum atomic E-state index is 12.5. The van der Waals surface area contributed by atoms with E-state index in [1.807, 2.05) is 38.1 Å². The van der Waals surface area contributed by atoms with Gasteiger partial charge >= 0.3 is 0 Å². The van der Waals surface area contributed by atoms with E-state index in [1.54, 1.807) is 0 Å². The number of nitrogen functional groups attached to an aromatic ring is 1. The molecule has 1 amide bonds. The maximum absolute atomic E-state index is 12.5. The Morgan fingerprint density at radius 3 is 2.29 bits per heavy atom. The summed E-state index contributed by atoms with van der Waals surface area (Å²) in [6.45, 7) is 8.81. The van der Waals surface area contributed by atoms with Crippen LogP contribution in [0.4, 0.5) is 5.69 Å². The highest BCUT2D eigenvalue weighted by Crippen LogP contribution is 2.26. The second kappa shape index (κ2) is 6.94. The highest BCUT2D eigenvalue weighted by atomic mass is 16.2. The fourth-order valence-electron chi connectivity index (χ4n) is 2.22. The van der Waals surface area contributed by atoms with Crippen LogP contribution in [0.25, 0.3) is 0 Å². The monoisotopic (exact) mass is 292 g/mol. The predicted molar refractivity (Wildman–Crippen MR) is 87.0 cm³/mol. The summed E-state index contributed by atoms with van der Waals surface area (Å²) in [5.74, 6) is 0.00402. The summed E-state index contributed by atoms with van der Waals surface area (Å²) in [6.07, 6.45) is 1.64. The second-order valence-corrected chi connectivity index (χ2v) is 6.92. The van der Waals surface area contributed by atoms with Crippen LogP contribution in [0.2, 0.25) is 0 Å². The van der Waals surface area contributed by atoms with E-state index < -0.39 is 5.41 Å². The van der Waals surface area contributed by atoms with E-state index in [9.17, 15) is 4.79 Å². The minimum atomic E-state index is -0.596. The Bertz CT molecular complexity index is 464. The number of carbonyl (C=O) groups excluding carboxylic acids is 1. The maximum Gasteiger partial charge on any atom is 0.230 e. The van der Waals surface area contributed by atoms with Gasteiger partial charge in [0.1, 0.15) is 0 Å². The Kier molecular flexibility index (Phi) is 5.78. The average molecular weight is 292 g/mol. The molecular weight excluding hydrogens is 264 g/mol. The first-order chi connectivity index (χ1) is 9.69. The summed E-state index contributed by atoms with van der Waals surface area (Å²) >= 11 is 0. The summed E-state index contributed by atoms with van der Waals surface area (Å²) in [6, 6.07) is 7.42. The summed E-state index contributed by atoms with van der Waals surface area (Å²) in [5, 5.41) is 11.9. The molecule has 1 aromatic carbocycles. The fourth-order valence-corrected chi connectivity index (χ4v) is 2.22. The molecule has 1 rings (SSSR count). The Hall–Kier alpha value is -1.55. The molecule has 0 aliphatic rings. The molecule has 0 unspecified atom stereocenters. The molecule has 21 heavy (non-hydrogen) atoms. The standard InChI is InChI=1S/C17H28N2O2/c1-16(2,10-5-11-20)12-19-15(21)17(3,4)13-6-8-14(18)9-7-13/h6-9,20H,5,10-12,18H2,1-4H3,(H,19,21). The second-order valence-electron chi connectivity index (χ2n) is 6.92. The van der Waals surface area contributed by atoms with Crippen molar-refractivity contribution >= 4 is 11.6 Å². The molecule has 0 aliphatic carbocycles. The molecule has 118 valence electrons. The third-order valence-corrected chi connectivity index (χ3v) is 3.94. The van der Waals surface area contributed by atoms with Crippen molar-refractivity contribution in [2.24, 2.45) is 5.41 Å². The Labute approximate surface area is 127 Å². The third-order valence-electron chi connectivity index (χ3n) is 3.94. The first kappa shape index (κ1) is 17.5. The lowest BCUT2D eigenvalue weighted by atomic mass is 9.82. The van der Waals surface area contributed by atoms with Gasteiger partial charge < -0.3 is 16.2 Å². The van der Waals surface area contributed by atoms with Gasteiger partial charge in [0.25, 0.3) is 0 Å². The molecule has 0 bridgehead atoms. The first-order valence-electron chi connectivity index (χ1n) is 7.44. The molecular formula is C17H28N2O2. The smallest absolute Gasteiger partial charge is 0.230 e. The molecule has 0 saturated heterocycles. The number of rotatable bonds is 7. The molecule has 0 spiro atoms. The number of hydrogen-bond acceptors (Lipinski definition) is 3. The Balaban J connectivity index is 2.67. The molecule has 0 aromatic heterocycles. The van der Waals surface area contributed by atoms with Gasteiger partial charge in [0.2, 0.25) is 5.91 Å². The molecule has 0 heterocycles. The van der Waals surface area contributed by atoms with E-state index in [1.165, 1.54) is 0 Å². The van der Waals surface area contributed by atoms with Gasteiger partial charge in [0.15, 0.2) is 0 Å². The lowest BCUT2D eigenvalue weighted by molar-refractivity contribution is -0.126. The number of benzene rings is 1. The Morgan fingerprint density at radius 1 is 1.19 bits per heavy atom. The van der Waals surface area contributed by atoms with Crippen LogP contribution < -0.4 is 11.1 Å². The van der Waals surface area contributed by atoms with Crippen molar-refractivity contribution in [1.29, 1.82) is 0 Å². The fraction of sp³-hybridized carbons (Fsp3) is 0.588. The number of aliphatic hydroxyl groups excluding tert-OH is 1. The van der Waals surface area contributed by atoms with Crippen LogP contribution in [-0.2, 0) is 10.2 Å². The van der Waals surface area contributed by atoms with Crippen molar-refractivity contribution in [3.8, 4) is 0 Å². The van der Waals surface area contributed by atoms with E-state index in [-0.39, 0.29) is 17.9 Å². The topological polar surface area (TPSA) is 75.3 Å². The van der Waals surface area contributed by atoms with E-state index in [0.717, 1.165) is 18.4 Å². The van der Waals surface area contributed by atoms with Crippen LogP contribution >= 0.6 is 0 Å². The van der Waals surface area contributed by atoms with Crippen LogP contribution in [0.1, 0.15) is 46.1 Å². The molecule has 1 aromatic rings. The van der Waals surface area contributed by atoms with Gasteiger partial charge in [-0.15, -0.1) is 0 Å². The zero-order valence-electron chi connectivity index (χ0n) is 13.6. The zero-order valence-corrected chi connectivity index (χ0v) is 13.6. The van der Waals surface area contributed by atoms with Gasteiger partial charge in [-0.1, -0.05) is 26.0 Å². The number of anilines is 1. The minimum Gasteiger partial charge on any atom is -0.399 e. The number of amides is 1.